The van der Waals surface area contributed by atoms with Gasteiger partial charge in [0.2, 0.25) is 0 Å². The molecule has 3 atom stereocenters. The first-order chi connectivity index (χ1) is 7.32. The lowest BCUT2D eigenvalue weighted by atomic mass is 9.98. The molecule has 1 aliphatic carbocycles. The van der Waals surface area contributed by atoms with Crippen LogP contribution in [0.4, 0.5) is 0 Å². The van der Waals surface area contributed by atoms with Crippen molar-refractivity contribution >= 4 is 19.9 Å². The highest BCUT2D eigenvalue weighted by atomic mass is 35.5. The second-order valence-electron chi connectivity index (χ2n) is 6.32. The van der Waals surface area contributed by atoms with Crippen LogP contribution in [-0.2, 0) is 9.16 Å². The first-order valence-corrected chi connectivity index (χ1v) is 10.1. The largest absolute Gasteiger partial charge is 0.389 e. The minimum atomic E-state index is -1.61. The summed E-state index contributed by atoms with van der Waals surface area (Å²) in [6.45, 7) is 9.62. The van der Waals surface area contributed by atoms with Gasteiger partial charge in [0, 0.05) is 5.41 Å². The average Bonchev–Trinajstić information content (AvgIpc) is 2.52. The second kappa shape index (κ2) is 3.97. The van der Waals surface area contributed by atoms with Gasteiger partial charge in [-0.2, -0.15) is 0 Å². The Kier molecular flexibility index (Phi) is 3.20. The van der Waals surface area contributed by atoms with Gasteiger partial charge in [0.05, 0.1) is 12.0 Å². The van der Waals surface area contributed by atoms with E-state index in [1.807, 2.05) is 0 Å². The fourth-order valence-corrected chi connectivity index (χ4v) is 4.69. The monoisotopic (exact) mass is 262 g/mol. The molecule has 16 heavy (non-hydrogen) atoms. The van der Waals surface area contributed by atoms with Gasteiger partial charge in [-0.1, -0.05) is 19.8 Å². The lowest BCUT2D eigenvalue weighted by Gasteiger charge is -2.31. The standard InChI is InChI=1S/C12H23ClO2Si/c1-11-8-6-5-7-9-14-12(11,10(11)13)15-16(2,3)4/h10H,5-9H2,1-4H3. The molecule has 0 bridgehead atoms. The van der Waals surface area contributed by atoms with Crippen LogP contribution in [0.1, 0.15) is 32.6 Å². The lowest BCUT2D eigenvalue weighted by molar-refractivity contribution is -0.142. The van der Waals surface area contributed by atoms with Crippen LogP contribution in [0.25, 0.3) is 0 Å². The molecule has 2 rings (SSSR count). The molecule has 0 aromatic rings. The Hall–Kier alpha value is 0.427. The average molecular weight is 263 g/mol. The summed E-state index contributed by atoms with van der Waals surface area (Å²) in [5.74, 6) is -0.473. The van der Waals surface area contributed by atoms with E-state index in [4.69, 9.17) is 20.8 Å². The Bertz CT molecular complexity index is 279. The van der Waals surface area contributed by atoms with E-state index in [2.05, 4.69) is 26.6 Å². The van der Waals surface area contributed by atoms with E-state index < -0.39 is 14.1 Å². The predicted molar refractivity (Wildman–Crippen MR) is 69.3 cm³/mol. The van der Waals surface area contributed by atoms with Gasteiger partial charge in [-0.05, 0) is 32.5 Å². The fraction of sp³-hybridized carbons (Fsp3) is 1.00. The predicted octanol–water partition coefficient (Wildman–Crippen LogP) is 3.75. The summed E-state index contributed by atoms with van der Waals surface area (Å²) in [4.78, 5) is 0. The van der Waals surface area contributed by atoms with E-state index in [-0.39, 0.29) is 10.8 Å². The second-order valence-corrected chi connectivity index (χ2v) is 11.2. The maximum absolute atomic E-state index is 6.48. The van der Waals surface area contributed by atoms with Crippen LogP contribution in [0.5, 0.6) is 0 Å². The number of alkyl halides is 1. The number of fused-ring (bicyclic) bond motifs is 1. The van der Waals surface area contributed by atoms with E-state index in [0.29, 0.717) is 0 Å². The zero-order valence-corrected chi connectivity index (χ0v) is 12.6. The Morgan fingerprint density at radius 3 is 2.56 bits per heavy atom. The van der Waals surface area contributed by atoms with Crippen molar-refractivity contribution in [2.45, 2.75) is 63.4 Å². The molecule has 0 spiro atoms. The van der Waals surface area contributed by atoms with E-state index in [1.165, 1.54) is 12.8 Å². The SMILES string of the molecule is CC12CCCCCOC1(O[Si](C)(C)C)C2Cl. The van der Waals surface area contributed by atoms with Gasteiger partial charge in [0.25, 0.3) is 0 Å². The van der Waals surface area contributed by atoms with Crippen molar-refractivity contribution in [2.75, 3.05) is 6.61 Å². The third-order valence-corrected chi connectivity index (χ3v) is 5.41. The van der Waals surface area contributed by atoms with Crippen LogP contribution in [0, 0.1) is 5.41 Å². The van der Waals surface area contributed by atoms with E-state index in [1.54, 1.807) is 0 Å². The van der Waals surface area contributed by atoms with Crippen LogP contribution in [0.3, 0.4) is 0 Å². The first-order valence-electron chi connectivity index (χ1n) is 6.30. The van der Waals surface area contributed by atoms with Gasteiger partial charge >= 0.3 is 0 Å². The number of halogens is 1. The third kappa shape index (κ3) is 1.96. The Morgan fingerprint density at radius 2 is 1.94 bits per heavy atom. The summed E-state index contributed by atoms with van der Waals surface area (Å²) in [6.07, 6.45) is 4.77. The van der Waals surface area contributed by atoms with Crippen LogP contribution < -0.4 is 0 Å². The van der Waals surface area contributed by atoms with Crippen LogP contribution >= 0.6 is 11.6 Å². The molecule has 2 aliphatic rings. The van der Waals surface area contributed by atoms with Gasteiger partial charge in [0.15, 0.2) is 14.1 Å². The summed E-state index contributed by atoms with van der Waals surface area (Å²) in [5, 5.41) is 0.0322. The smallest absolute Gasteiger partial charge is 0.187 e. The molecule has 3 unspecified atom stereocenters. The molecular weight excluding hydrogens is 240 g/mol. The minimum absolute atomic E-state index is 0.0322. The molecule has 1 saturated heterocycles. The number of hydrogen-bond donors (Lipinski definition) is 0. The molecule has 0 amide bonds. The molecule has 2 fully saturated rings. The number of ether oxygens (including phenoxy) is 1. The van der Waals surface area contributed by atoms with E-state index in [0.717, 1.165) is 19.4 Å². The third-order valence-electron chi connectivity index (χ3n) is 3.72. The molecule has 4 heteroatoms. The molecular formula is C12H23ClO2Si. The number of rotatable bonds is 2. The van der Waals surface area contributed by atoms with Crippen LogP contribution in [-0.4, -0.2) is 26.1 Å². The fourth-order valence-electron chi connectivity index (χ4n) is 2.74. The quantitative estimate of drug-likeness (QED) is 0.557. The van der Waals surface area contributed by atoms with Crippen molar-refractivity contribution in [3.63, 3.8) is 0 Å². The molecule has 2 nitrogen and oxygen atoms in total. The molecule has 1 aliphatic heterocycles. The highest BCUT2D eigenvalue weighted by molar-refractivity contribution is 6.70. The maximum Gasteiger partial charge on any atom is 0.187 e. The lowest BCUT2D eigenvalue weighted by Crippen LogP contribution is -2.40. The van der Waals surface area contributed by atoms with Gasteiger partial charge in [-0.25, -0.2) is 0 Å². The summed E-state index contributed by atoms with van der Waals surface area (Å²) < 4.78 is 12.3. The van der Waals surface area contributed by atoms with Crippen molar-refractivity contribution in [1.82, 2.24) is 0 Å². The Labute approximate surface area is 105 Å². The normalized spacial score (nSPS) is 44.4. The molecule has 0 aromatic heterocycles. The van der Waals surface area contributed by atoms with Gasteiger partial charge in [-0.3, -0.25) is 0 Å². The van der Waals surface area contributed by atoms with Gasteiger partial charge in [-0.15, -0.1) is 11.6 Å². The summed E-state index contributed by atoms with van der Waals surface area (Å²) in [5.41, 5.74) is 0.0370. The number of hydrogen-bond acceptors (Lipinski definition) is 2. The van der Waals surface area contributed by atoms with Crippen molar-refractivity contribution in [3.05, 3.63) is 0 Å². The van der Waals surface area contributed by atoms with Crippen LogP contribution in [0.15, 0.2) is 0 Å². The zero-order chi connectivity index (χ0) is 12.0. The van der Waals surface area contributed by atoms with Gasteiger partial charge < -0.3 is 9.16 Å². The Morgan fingerprint density at radius 1 is 1.25 bits per heavy atom. The molecule has 0 aromatic carbocycles. The summed E-state index contributed by atoms with van der Waals surface area (Å²) in [7, 11) is -1.61. The van der Waals surface area contributed by atoms with Crippen molar-refractivity contribution in [1.29, 1.82) is 0 Å². The van der Waals surface area contributed by atoms with Crippen molar-refractivity contribution in [3.8, 4) is 0 Å². The van der Waals surface area contributed by atoms with E-state index >= 15 is 0 Å². The van der Waals surface area contributed by atoms with Gasteiger partial charge in [0.1, 0.15) is 0 Å². The van der Waals surface area contributed by atoms with Crippen molar-refractivity contribution in [2.24, 2.45) is 5.41 Å². The summed E-state index contributed by atoms with van der Waals surface area (Å²) >= 11 is 6.48. The maximum atomic E-state index is 6.48. The highest BCUT2D eigenvalue weighted by Gasteiger charge is 2.77. The first kappa shape index (κ1) is 12.9. The Balaban J connectivity index is 2.16. The van der Waals surface area contributed by atoms with E-state index in [9.17, 15) is 0 Å². The molecule has 1 heterocycles. The highest BCUT2D eigenvalue weighted by Crippen LogP contribution is 2.66. The zero-order valence-electron chi connectivity index (χ0n) is 10.8. The molecule has 1 saturated carbocycles. The molecule has 94 valence electrons. The summed E-state index contributed by atoms with van der Waals surface area (Å²) in [6, 6.07) is 0. The molecule has 0 N–H and O–H groups in total. The minimum Gasteiger partial charge on any atom is -0.389 e. The molecule has 0 radical (unpaired) electrons. The topological polar surface area (TPSA) is 18.5 Å². The van der Waals surface area contributed by atoms with Crippen LogP contribution in [0.2, 0.25) is 19.6 Å². The van der Waals surface area contributed by atoms with Crippen molar-refractivity contribution < 1.29 is 9.16 Å².